The van der Waals surface area contributed by atoms with Gasteiger partial charge < -0.3 is 9.84 Å². The van der Waals surface area contributed by atoms with E-state index in [1.807, 2.05) is 24.3 Å². The third kappa shape index (κ3) is 3.11. The van der Waals surface area contributed by atoms with E-state index in [-0.39, 0.29) is 5.75 Å². The zero-order valence-corrected chi connectivity index (χ0v) is 11.4. The fourth-order valence-electron chi connectivity index (χ4n) is 1.43. The summed E-state index contributed by atoms with van der Waals surface area (Å²) in [6.07, 6.45) is 1.61. The molecule has 92 valence electrons. The highest BCUT2D eigenvalue weighted by Crippen LogP contribution is 2.22. The lowest BCUT2D eigenvalue weighted by Gasteiger charge is -2.02. The number of hydrogen-bond donors (Lipinski definition) is 1. The standard InChI is InChI=1S/C14H12BrNO2/c1-18-13-6-7-14(17)10(8-13)9-16-12-4-2-11(15)3-5-12/h2-9,17H,1H3. The van der Waals surface area contributed by atoms with E-state index in [1.54, 1.807) is 31.5 Å². The number of phenolic OH excluding ortho intramolecular Hbond substituents is 1. The maximum absolute atomic E-state index is 9.70. The smallest absolute Gasteiger partial charge is 0.124 e. The van der Waals surface area contributed by atoms with Gasteiger partial charge in [0.25, 0.3) is 0 Å². The van der Waals surface area contributed by atoms with Gasteiger partial charge >= 0.3 is 0 Å². The van der Waals surface area contributed by atoms with Crippen molar-refractivity contribution in [3.05, 3.63) is 52.5 Å². The summed E-state index contributed by atoms with van der Waals surface area (Å²) < 4.78 is 6.10. The Morgan fingerprint density at radius 3 is 2.56 bits per heavy atom. The molecule has 3 nitrogen and oxygen atoms in total. The highest BCUT2D eigenvalue weighted by Gasteiger charge is 2.00. The van der Waals surface area contributed by atoms with Gasteiger partial charge in [0.1, 0.15) is 11.5 Å². The molecule has 0 aliphatic heterocycles. The first kappa shape index (κ1) is 12.6. The highest BCUT2D eigenvalue weighted by atomic mass is 79.9. The first-order chi connectivity index (χ1) is 8.69. The van der Waals surface area contributed by atoms with Gasteiger partial charge in [0.15, 0.2) is 0 Å². The average molecular weight is 306 g/mol. The third-order valence-corrected chi connectivity index (χ3v) is 2.94. The van der Waals surface area contributed by atoms with Crippen molar-refractivity contribution < 1.29 is 9.84 Å². The van der Waals surface area contributed by atoms with Crippen molar-refractivity contribution in [1.82, 2.24) is 0 Å². The Morgan fingerprint density at radius 1 is 1.17 bits per heavy atom. The molecule has 1 N–H and O–H groups in total. The van der Waals surface area contributed by atoms with E-state index in [4.69, 9.17) is 4.74 Å². The number of rotatable bonds is 3. The van der Waals surface area contributed by atoms with Gasteiger partial charge in [-0.3, -0.25) is 4.99 Å². The van der Waals surface area contributed by atoms with Crippen molar-refractivity contribution in [2.45, 2.75) is 0 Å². The van der Waals surface area contributed by atoms with E-state index in [9.17, 15) is 5.11 Å². The Hall–Kier alpha value is -1.81. The lowest BCUT2D eigenvalue weighted by molar-refractivity contribution is 0.412. The maximum atomic E-state index is 9.70. The summed E-state index contributed by atoms with van der Waals surface area (Å²) in [6.45, 7) is 0. The van der Waals surface area contributed by atoms with Crippen LogP contribution in [0.15, 0.2) is 51.9 Å². The number of halogens is 1. The summed E-state index contributed by atoms with van der Waals surface area (Å²) in [5, 5.41) is 9.70. The third-order valence-electron chi connectivity index (χ3n) is 2.41. The average Bonchev–Trinajstić information content (AvgIpc) is 2.40. The number of hydrogen-bond acceptors (Lipinski definition) is 3. The lowest BCUT2D eigenvalue weighted by atomic mass is 10.2. The zero-order chi connectivity index (χ0) is 13.0. The van der Waals surface area contributed by atoms with Crippen LogP contribution < -0.4 is 4.74 Å². The van der Waals surface area contributed by atoms with Gasteiger partial charge in [-0.2, -0.15) is 0 Å². The predicted octanol–water partition coefficient (Wildman–Crippen LogP) is 3.91. The van der Waals surface area contributed by atoms with Crippen LogP contribution in [0.4, 0.5) is 5.69 Å². The van der Waals surface area contributed by atoms with E-state index in [0.29, 0.717) is 11.3 Å². The number of nitrogens with zero attached hydrogens (tertiary/aromatic N) is 1. The molecule has 0 saturated carbocycles. The molecule has 0 bridgehead atoms. The Labute approximate surface area is 114 Å². The van der Waals surface area contributed by atoms with Crippen LogP contribution in [0.5, 0.6) is 11.5 Å². The molecular formula is C14H12BrNO2. The normalized spacial score (nSPS) is 10.8. The summed E-state index contributed by atoms with van der Waals surface area (Å²) in [4.78, 5) is 4.29. The molecule has 0 saturated heterocycles. The van der Waals surface area contributed by atoms with Crippen LogP contribution in [-0.4, -0.2) is 18.4 Å². The van der Waals surface area contributed by atoms with E-state index < -0.39 is 0 Å². The van der Waals surface area contributed by atoms with E-state index in [2.05, 4.69) is 20.9 Å². The molecule has 0 unspecified atom stereocenters. The van der Waals surface area contributed by atoms with Gasteiger partial charge in [-0.1, -0.05) is 15.9 Å². The fourth-order valence-corrected chi connectivity index (χ4v) is 1.70. The zero-order valence-electron chi connectivity index (χ0n) is 9.80. The second-order valence-corrected chi connectivity index (χ2v) is 4.58. The fraction of sp³-hybridized carbons (Fsp3) is 0.0714. The van der Waals surface area contributed by atoms with Gasteiger partial charge in [0.05, 0.1) is 12.8 Å². The molecule has 4 heteroatoms. The Balaban J connectivity index is 2.25. The van der Waals surface area contributed by atoms with Crippen molar-refractivity contribution in [2.24, 2.45) is 4.99 Å². The first-order valence-corrected chi connectivity index (χ1v) is 6.15. The number of benzene rings is 2. The number of methoxy groups -OCH3 is 1. The summed E-state index contributed by atoms with van der Waals surface area (Å²) in [6, 6.07) is 12.6. The van der Waals surface area contributed by atoms with Gasteiger partial charge in [-0.15, -0.1) is 0 Å². The minimum atomic E-state index is 0.177. The van der Waals surface area contributed by atoms with Crippen molar-refractivity contribution in [2.75, 3.05) is 7.11 Å². The van der Waals surface area contributed by atoms with Gasteiger partial charge in [-0.05, 0) is 42.5 Å². The molecule has 0 atom stereocenters. The number of aromatic hydroxyl groups is 1. The Morgan fingerprint density at radius 2 is 1.89 bits per heavy atom. The second-order valence-electron chi connectivity index (χ2n) is 3.66. The molecule has 0 radical (unpaired) electrons. The molecule has 2 rings (SSSR count). The quantitative estimate of drug-likeness (QED) is 0.873. The Kier molecular flexibility index (Phi) is 3.99. The molecule has 0 fully saturated rings. The van der Waals surface area contributed by atoms with Crippen LogP contribution in [0.3, 0.4) is 0 Å². The van der Waals surface area contributed by atoms with Gasteiger partial charge in [0, 0.05) is 16.3 Å². The Bertz CT molecular complexity index is 565. The first-order valence-electron chi connectivity index (χ1n) is 5.35. The molecule has 0 aliphatic carbocycles. The minimum absolute atomic E-state index is 0.177. The SMILES string of the molecule is COc1ccc(O)c(C=Nc2ccc(Br)cc2)c1. The van der Waals surface area contributed by atoms with Crippen molar-refractivity contribution in [1.29, 1.82) is 0 Å². The lowest BCUT2D eigenvalue weighted by Crippen LogP contribution is -1.86. The van der Waals surface area contributed by atoms with Crippen LogP contribution >= 0.6 is 15.9 Å². The summed E-state index contributed by atoms with van der Waals surface area (Å²) >= 11 is 3.36. The summed E-state index contributed by atoms with van der Waals surface area (Å²) in [5.74, 6) is 0.863. The number of ether oxygens (including phenoxy) is 1. The van der Waals surface area contributed by atoms with Crippen molar-refractivity contribution >= 4 is 27.8 Å². The van der Waals surface area contributed by atoms with Gasteiger partial charge in [-0.25, -0.2) is 0 Å². The molecule has 0 amide bonds. The molecule has 0 spiro atoms. The minimum Gasteiger partial charge on any atom is -0.507 e. The van der Waals surface area contributed by atoms with Crippen LogP contribution in [0.25, 0.3) is 0 Å². The van der Waals surface area contributed by atoms with E-state index in [1.165, 1.54) is 0 Å². The van der Waals surface area contributed by atoms with Crippen LogP contribution in [0.1, 0.15) is 5.56 Å². The van der Waals surface area contributed by atoms with Crippen molar-refractivity contribution in [3.8, 4) is 11.5 Å². The molecule has 0 heterocycles. The maximum Gasteiger partial charge on any atom is 0.124 e. The molecule has 2 aromatic rings. The largest absolute Gasteiger partial charge is 0.507 e. The number of aliphatic imine (C=N–C) groups is 1. The van der Waals surface area contributed by atoms with Crippen LogP contribution in [0, 0.1) is 0 Å². The molecular weight excluding hydrogens is 294 g/mol. The molecule has 0 aliphatic rings. The van der Waals surface area contributed by atoms with Crippen LogP contribution in [0.2, 0.25) is 0 Å². The predicted molar refractivity (Wildman–Crippen MR) is 76.1 cm³/mol. The molecule has 18 heavy (non-hydrogen) atoms. The monoisotopic (exact) mass is 305 g/mol. The van der Waals surface area contributed by atoms with Gasteiger partial charge in [0.2, 0.25) is 0 Å². The van der Waals surface area contributed by atoms with Crippen molar-refractivity contribution in [3.63, 3.8) is 0 Å². The van der Waals surface area contributed by atoms with E-state index in [0.717, 1.165) is 10.2 Å². The second kappa shape index (κ2) is 5.69. The van der Waals surface area contributed by atoms with E-state index >= 15 is 0 Å². The highest BCUT2D eigenvalue weighted by molar-refractivity contribution is 9.10. The topological polar surface area (TPSA) is 41.8 Å². The summed E-state index contributed by atoms with van der Waals surface area (Å²) in [7, 11) is 1.59. The molecule has 0 aromatic heterocycles. The summed E-state index contributed by atoms with van der Waals surface area (Å²) in [5.41, 5.74) is 1.44. The molecule has 2 aromatic carbocycles. The number of phenols is 1. The van der Waals surface area contributed by atoms with Crippen LogP contribution in [-0.2, 0) is 0 Å².